The van der Waals surface area contributed by atoms with Crippen molar-refractivity contribution in [3.63, 3.8) is 0 Å². The van der Waals surface area contributed by atoms with Gasteiger partial charge in [0.15, 0.2) is 0 Å². The van der Waals surface area contributed by atoms with Crippen LogP contribution < -0.4 is 0 Å². The summed E-state index contributed by atoms with van der Waals surface area (Å²) in [6, 6.07) is 0. The molecule has 0 amide bonds. The van der Waals surface area contributed by atoms with E-state index in [-0.39, 0.29) is 18.0 Å². The Kier molecular flexibility index (Phi) is 1.44. The summed E-state index contributed by atoms with van der Waals surface area (Å²) in [5.74, 6) is 1.53. The molecule has 62 valence electrons. The summed E-state index contributed by atoms with van der Waals surface area (Å²) in [4.78, 5) is 11.2. The molecule has 11 heavy (non-hydrogen) atoms. The fourth-order valence-corrected chi connectivity index (χ4v) is 2.48. The average Bonchev–Trinajstić information content (AvgIpc) is 2.38. The van der Waals surface area contributed by atoms with Crippen molar-refractivity contribution in [1.29, 1.82) is 0 Å². The van der Waals surface area contributed by atoms with Gasteiger partial charge in [0.1, 0.15) is 6.10 Å². The van der Waals surface area contributed by atoms with Crippen molar-refractivity contribution in [1.82, 2.24) is 0 Å². The van der Waals surface area contributed by atoms with Crippen molar-refractivity contribution in [3.8, 4) is 0 Å². The highest BCUT2D eigenvalue weighted by atomic mass is 16.6. The van der Waals surface area contributed by atoms with Crippen LogP contribution in [0.3, 0.4) is 0 Å². The minimum absolute atomic E-state index is 0.0480. The second-order valence-electron chi connectivity index (χ2n) is 3.99. The molecule has 1 aliphatic heterocycles. The van der Waals surface area contributed by atoms with Crippen LogP contribution in [-0.4, -0.2) is 12.1 Å². The quantitative estimate of drug-likeness (QED) is 0.495. The third-order valence-corrected chi connectivity index (χ3v) is 3.06. The molecule has 0 aromatic carbocycles. The normalized spacial score (nSPS) is 49.1. The van der Waals surface area contributed by atoms with Gasteiger partial charge < -0.3 is 4.74 Å². The molecule has 2 aliphatic rings. The highest BCUT2D eigenvalue weighted by Crippen LogP contribution is 2.44. The standard InChI is InChI=1S/C9H14O2/c1-5-3-7-6(2)11-9(10)8(7)4-5/h5-8H,3-4H2,1-2H3. The van der Waals surface area contributed by atoms with Crippen molar-refractivity contribution in [2.75, 3.05) is 0 Å². The molecule has 2 rings (SSSR count). The Labute approximate surface area is 66.9 Å². The largest absolute Gasteiger partial charge is 0.462 e. The number of esters is 1. The molecule has 2 fully saturated rings. The van der Waals surface area contributed by atoms with Gasteiger partial charge in [0, 0.05) is 5.92 Å². The monoisotopic (exact) mass is 154 g/mol. The van der Waals surface area contributed by atoms with E-state index in [1.807, 2.05) is 6.92 Å². The van der Waals surface area contributed by atoms with Crippen LogP contribution >= 0.6 is 0 Å². The first-order valence-electron chi connectivity index (χ1n) is 4.39. The van der Waals surface area contributed by atoms with E-state index >= 15 is 0 Å². The predicted molar refractivity (Wildman–Crippen MR) is 40.9 cm³/mol. The molecule has 0 N–H and O–H groups in total. The van der Waals surface area contributed by atoms with E-state index < -0.39 is 0 Å². The van der Waals surface area contributed by atoms with Crippen LogP contribution in [0.5, 0.6) is 0 Å². The van der Waals surface area contributed by atoms with E-state index in [9.17, 15) is 4.79 Å². The molecule has 0 aromatic heterocycles. The van der Waals surface area contributed by atoms with Gasteiger partial charge in [-0.15, -0.1) is 0 Å². The van der Waals surface area contributed by atoms with Crippen molar-refractivity contribution < 1.29 is 9.53 Å². The fraction of sp³-hybridized carbons (Fsp3) is 0.889. The maximum absolute atomic E-state index is 11.2. The van der Waals surface area contributed by atoms with Crippen molar-refractivity contribution >= 4 is 5.97 Å². The minimum Gasteiger partial charge on any atom is -0.462 e. The molecular formula is C9H14O2. The van der Waals surface area contributed by atoms with Gasteiger partial charge in [-0.1, -0.05) is 6.92 Å². The lowest BCUT2D eigenvalue weighted by Crippen LogP contribution is -2.11. The van der Waals surface area contributed by atoms with E-state index in [4.69, 9.17) is 4.74 Å². The lowest BCUT2D eigenvalue weighted by atomic mass is 9.95. The average molecular weight is 154 g/mol. The lowest BCUT2D eigenvalue weighted by Gasteiger charge is -2.09. The Morgan fingerprint density at radius 1 is 1.36 bits per heavy atom. The molecule has 1 heterocycles. The smallest absolute Gasteiger partial charge is 0.309 e. The molecule has 4 unspecified atom stereocenters. The molecule has 2 heteroatoms. The number of cyclic esters (lactones) is 1. The lowest BCUT2D eigenvalue weighted by molar-refractivity contribution is -0.144. The van der Waals surface area contributed by atoms with Gasteiger partial charge in [0.05, 0.1) is 5.92 Å². The van der Waals surface area contributed by atoms with Crippen LogP contribution in [-0.2, 0) is 9.53 Å². The Balaban J connectivity index is 2.16. The van der Waals surface area contributed by atoms with E-state index in [0.717, 1.165) is 12.3 Å². The maximum Gasteiger partial charge on any atom is 0.309 e. The Morgan fingerprint density at radius 3 is 2.73 bits per heavy atom. The van der Waals surface area contributed by atoms with Crippen LogP contribution in [0.1, 0.15) is 26.7 Å². The maximum atomic E-state index is 11.2. The fourth-order valence-electron chi connectivity index (χ4n) is 2.48. The molecule has 2 nitrogen and oxygen atoms in total. The number of rotatable bonds is 0. The number of hydrogen-bond acceptors (Lipinski definition) is 2. The second kappa shape index (κ2) is 2.23. The first kappa shape index (κ1) is 7.14. The van der Waals surface area contributed by atoms with Crippen molar-refractivity contribution in [3.05, 3.63) is 0 Å². The molecule has 4 atom stereocenters. The summed E-state index contributed by atoms with van der Waals surface area (Å²) in [6.07, 6.45) is 2.41. The van der Waals surface area contributed by atoms with E-state index in [2.05, 4.69) is 6.92 Å². The zero-order valence-corrected chi connectivity index (χ0v) is 7.04. The van der Waals surface area contributed by atoms with Crippen LogP contribution in [0.2, 0.25) is 0 Å². The zero-order valence-electron chi connectivity index (χ0n) is 7.04. The number of ether oxygens (including phenoxy) is 1. The molecule has 1 saturated carbocycles. The Bertz CT molecular complexity index is 188. The van der Waals surface area contributed by atoms with Gasteiger partial charge in [-0.3, -0.25) is 4.79 Å². The van der Waals surface area contributed by atoms with Gasteiger partial charge in [-0.05, 0) is 25.7 Å². The van der Waals surface area contributed by atoms with Crippen LogP contribution in [0.4, 0.5) is 0 Å². The summed E-state index contributed by atoms with van der Waals surface area (Å²) in [5, 5.41) is 0. The summed E-state index contributed by atoms with van der Waals surface area (Å²) in [7, 11) is 0. The molecule has 0 bridgehead atoms. The van der Waals surface area contributed by atoms with Gasteiger partial charge in [-0.25, -0.2) is 0 Å². The van der Waals surface area contributed by atoms with Crippen molar-refractivity contribution in [2.24, 2.45) is 17.8 Å². The number of carbonyl (C=O) groups is 1. The van der Waals surface area contributed by atoms with Crippen LogP contribution in [0, 0.1) is 17.8 Å². The number of carbonyl (C=O) groups excluding carboxylic acids is 1. The topological polar surface area (TPSA) is 26.3 Å². The zero-order chi connectivity index (χ0) is 8.01. The van der Waals surface area contributed by atoms with Gasteiger partial charge >= 0.3 is 5.97 Å². The summed E-state index contributed by atoms with van der Waals surface area (Å²) in [5.41, 5.74) is 0. The van der Waals surface area contributed by atoms with Crippen molar-refractivity contribution in [2.45, 2.75) is 32.8 Å². The Hall–Kier alpha value is -0.530. The molecule has 1 aliphatic carbocycles. The van der Waals surface area contributed by atoms with Crippen LogP contribution in [0.15, 0.2) is 0 Å². The number of fused-ring (bicyclic) bond motifs is 1. The van der Waals surface area contributed by atoms with Gasteiger partial charge in [0.25, 0.3) is 0 Å². The minimum atomic E-state index is 0.0480. The first-order chi connectivity index (χ1) is 5.18. The highest BCUT2D eigenvalue weighted by molar-refractivity contribution is 5.75. The number of hydrogen-bond donors (Lipinski definition) is 0. The van der Waals surface area contributed by atoms with E-state index in [1.165, 1.54) is 6.42 Å². The molecular weight excluding hydrogens is 140 g/mol. The summed E-state index contributed by atoms with van der Waals surface area (Å²) >= 11 is 0. The second-order valence-corrected chi connectivity index (χ2v) is 3.99. The van der Waals surface area contributed by atoms with Crippen LogP contribution in [0.25, 0.3) is 0 Å². The van der Waals surface area contributed by atoms with E-state index in [0.29, 0.717) is 5.92 Å². The third-order valence-electron chi connectivity index (χ3n) is 3.06. The Morgan fingerprint density at radius 2 is 2.09 bits per heavy atom. The van der Waals surface area contributed by atoms with E-state index in [1.54, 1.807) is 0 Å². The highest BCUT2D eigenvalue weighted by Gasteiger charge is 2.47. The first-order valence-corrected chi connectivity index (χ1v) is 4.39. The molecule has 0 spiro atoms. The predicted octanol–water partition coefficient (Wildman–Crippen LogP) is 1.59. The summed E-state index contributed by atoms with van der Waals surface area (Å²) in [6.45, 7) is 4.24. The van der Waals surface area contributed by atoms with Gasteiger partial charge in [0.2, 0.25) is 0 Å². The molecule has 1 saturated heterocycles. The molecule has 0 radical (unpaired) electrons. The molecule has 0 aromatic rings. The van der Waals surface area contributed by atoms with Gasteiger partial charge in [-0.2, -0.15) is 0 Å². The SMILES string of the molecule is CC1CC2C(=O)OC(C)C2C1. The third kappa shape index (κ3) is 0.959. The summed E-state index contributed by atoms with van der Waals surface area (Å²) < 4.78 is 5.14.